The van der Waals surface area contributed by atoms with Gasteiger partial charge in [-0.3, -0.25) is 0 Å². The highest BCUT2D eigenvalue weighted by Gasteiger charge is 2.45. The summed E-state index contributed by atoms with van der Waals surface area (Å²) in [7, 11) is 0. The molecule has 8 aromatic rings. The SMILES string of the molecule is Nc1ccc(-c2ccc(N)cc2)cc1.Nc1ccc(C2(c3ccc(N)cc3)c3ccccc3-c3ccccc32)cc1.Nc1ccc(N=Nc2ccc(N)cc2)cc1. The van der Waals surface area contributed by atoms with E-state index >= 15 is 0 Å². The summed E-state index contributed by atoms with van der Waals surface area (Å²) in [6.45, 7) is 0. The average Bonchev–Trinajstić information content (AvgIpc) is 3.54. The van der Waals surface area contributed by atoms with Crippen molar-refractivity contribution in [2.24, 2.45) is 10.2 Å². The van der Waals surface area contributed by atoms with E-state index < -0.39 is 0 Å². The van der Waals surface area contributed by atoms with Crippen molar-refractivity contribution < 1.29 is 0 Å². The lowest BCUT2D eigenvalue weighted by molar-refractivity contribution is 0.769. The van der Waals surface area contributed by atoms with Gasteiger partial charge in [0.05, 0.1) is 16.8 Å². The van der Waals surface area contributed by atoms with Crippen molar-refractivity contribution in [2.75, 3.05) is 34.4 Å². The highest BCUT2D eigenvalue weighted by molar-refractivity contribution is 5.86. The molecule has 0 unspecified atom stereocenters. The molecule has 1 aliphatic rings. The van der Waals surface area contributed by atoms with Crippen LogP contribution in [0.15, 0.2) is 204 Å². The van der Waals surface area contributed by atoms with E-state index in [0.717, 1.165) is 45.3 Å². The number of hydrogen-bond donors (Lipinski definition) is 6. The van der Waals surface area contributed by atoms with Crippen molar-refractivity contribution in [2.45, 2.75) is 5.41 Å². The van der Waals surface area contributed by atoms with Gasteiger partial charge in [-0.25, -0.2) is 0 Å². The standard InChI is InChI=1S/C25H20N2.C12H12N4.C12H12N2/c26-19-13-9-17(10-14-19)25(18-11-15-20(27)16-12-18)23-7-3-1-5-21(23)22-6-2-4-8-24(22)25;13-9-1-5-11(6-2-9)15-16-12-7-3-10(14)4-8-12;13-11-5-1-9(2-6-11)10-3-7-12(14)8-4-10/h1-16H,26-27H2;1-8H,13-14H2;1-8H,13-14H2. The van der Waals surface area contributed by atoms with Gasteiger partial charge in [0.25, 0.3) is 0 Å². The minimum Gasteiger partial charge on any atom is -0.399 e. The van der Waals surface area contributed by atoms with Crippen LogP contribution in [-0.4, -0.2) is 0 Å². The number of azo groups is 1. The summed E-state index contributed by atoms with van der Waals surface area (Å²) in [5.74, 6) is 0. The Bertz CT molecular complexity index is 2400. The molecular formula is C49H44N8. The second-order valence-electron chi connectivity index (χ2n) is 13.7. The Kier molecular flexibility index (Phi) is 11.0. The molecule has 0 aliphatic heterocycles. The van der Waals surface area contributed by atoms with Gasteiger partial charge in [0.2, 0.25) is 0 Å². The zero-order chi connectivity index (χ0) is 39.8. The summed E-state index contributed by atoms with van der Waals surface area (Å²) >= 11 is 0. The molecule has 0 bridgehead atoms. The fraction of sp³-hybridized carbons (Fsp3) is 0.0204. The predicted molar refractivity (Wildman–Crippen MR) is 239 cm³/mol. The number of nitrogen functional groups attached to an aromatic ring is 6. The molecule has 9 rings (SSSR count). The predicted octanol–water partition coefficient (Wildman–Crippen LogP) is 11.0. The van der Waals surface area contributed by atoms with Crippen LogP contribution in [-0.2, 0) is 5.41 Å². The van der Waals surface area contributed by atoms with Gasteiger partial charge in [0, 0.05) is 34.1 Å². The second kappa shape index (κ2) is 16.7. The summed E-state index contributed by atoms with van der Waals surface area (Å²) in [5.41, 5.74) is 49.9. The molecule has 8 heteroatoms. The summed E-state index contributed by atoms with van der Waals surface area (Å²) in [5, 5.41) is 8.15. The van der Waals surface area contributed by atoms with Crippen LogP contribution < -0.4 is 34.4 Å². The molecule has 0 saturated carbocycles. The molecular weight excluding hydrogens is 701 g/mol. The Labute approximate surface area is 333 Å². The first-order chi connectivity index (χ1) is 27.7. The number of benzene rings is 8. The highest BCUT2D eigenvalue weighted by Crippen LogP contribution is 2.56. The Hall–Kier alpha value is -7.84. The molecule has 0 spiro atoms. The van der Waals surface area contributed by atoms with Crippen molar-refractivity contribution in [3.63, 3.8) is 0 Å². The lowest BCUT2D eigenvalue weighted by atomic mass is 9.67. The van der Waals surface area contributed by atoms with E-state index in [2.05, 4.69) is 83.0 Å². The van der Waals surface area contributed by atoms with Gasteiger partial charge in [-0.2, -0.15) is 10.2 Å². The van der Waals surface area contributed by atoms with E-state index in [1.54, 1.807) is 24.3 Å². The molecule has 0 radical (unpaired) electrons. The van der Waals surface area contributed by atoms with Crippen LogP contribution in [0.25, 0.3) is 22.3 Å². The summed E-state index contributed by atoms with van der Waals surface area (Å²) in [6.07, 6.45) is 0. The molecule has 0 aromatic heterocycles. The lowest BCUT2D eigenvalue weighted by Crippen LogP contribution is -2.28. The van der Waals surface area contributed by atoms with Crippen molar-refractivity contribution in [3.8, 4) is 22.3 Å². The summed E-state index contributed by atoms with van der Waals surface area (Å²) in [6, 6.07) is 63.9. The number of hydrogen-bond acceptors (Lipinski definition) is 8. The summed E-state index contributed by atoms with van der Waals surface area (Å²) in [4.78, 5) is 0. The zero-order valence-corrected chi connectivity index (χ0v) is 31.3. The first-order valence-electron chi connectivity index (χ1n) is 18.5. The van der Waals surface area contributed by atoms with Gasteiger partial charge in [-0.1, -0.05) is 97.1 Å². The fourth-order valence-corrected chi connectivity index (χ4v) is 7.04. The Morgan fingerprint density at radius 2 is 0.544 bits per heavy atom. The number of anilines is 6. The van der Waals surface area contributed by atoms with Crippen molar-refractivity contribution >= 4 is 45.5 Å². The van der Waals surface area contributed by atoms with Crippen LogP contribution in [0.4, 0.5) is 45.5 Å². The maximum Gasteiger partial charge on any atom is 0.0858 e. The molecule has 12 N–H and O–H groups in total. The van der Waals surface area contributed by atoms with E-state index in [-0.39, 0.29) is 5.41 Å². The van der Waals surface area contributed by atoms with Crippen LogP contribution in [0, 0.1) is 0 Å². The van der Waals surface area contributed by atoms with Crippen LogP contribution in [0.5, 0.6) is 0 Å². The largest absolute Gasteiger partial charge is 0.399 e. The molecule has 280 valence electrons. The van der Waals surface area contributed by atoms with Crippen LogP contribution in [0.3, 0.4) is 0 Å². The smallest absolute Gasteiger partial charge is 0.0858 e. The van der Waals surface area contributed by atoms with Crippen LogP contribution in [0.2, 0.25) is 0 Å². The topological polar surface area (TPSA) is 181 Å². The first-order valence-corrected chi connectivity index (χ1v) is 18.5. The average molecular weight is 745 g/mol. The van der Waals surface area contributed by atoms with Crippen molar-refractivity contribution in [3.05, 3.63) is 216 Å². The number of rotatable bonds is 5. The van der Waals surface area contributed by atoms with Crippen LogP contribution in [0.1, 0.15) is 22.3 Å². The quantitative estimate of drug-likeness (QED) is 0.0753. The molecule has 0 fully saturated rings. The molecule has 57 heavy (non-hydrogen) atoms. The molecule has 8 aromatic carbocycles. The second-order valence-corrected chi connectivity index (χ2v) is 13.7. The van der Waals surface area contributed by atoms with Crippen LogP contribution >= 0.6 is 0 Å². The molecule has 8 nitrogen and oxygen atoms in total. The Balaban J connectivity index is 0.000000141. The van der Waals surface area contributed by atoms with Gasteiger partial charge in [0.15, 0.2) is 0 Å². The monoisotopic (exact) mass is 744 g/mol. The van der Waals surface area contributed by atoms with Gasteiger partial charge < -0.3 is 34.4 Å². The maximum atomic E-state index is 6.00. The third-order valence-corrected chi connectivity index (χ3v) is 9.86. The first kappa shape index (κ1) is 37.5. The van der Waals surface area contributed by atoms with E-state index in [0.29, 0.717) is 11.4 Å². The Morgan fingerprint density at radius 1 is 0.281 bits per heavy atom. The molecule has 0 amide bonds. The fourth-order valence-electron chi connectivity index (χ4n) is 7.04. The van der Waals surface area contributed by atoms with Crippen molar-refractivity contribution in [1.29, 1.82) is 0 Å². The minimum atomic E-state index is -0.380. The normalized spacial score (nSPS) is 12.0. The van der Waals surface area contributed by atoms with E-state index in [1.165, 1.54) is 33.4 Å². The van der Waals surface area contributed by atoms with E-state index in [9.17, 15) is 0 Å². The highest BCUT2D eigenvalue weighted by atomic mass is 15.1. The summed E-state index contributed by atoms with van der Waals surface area (Å²) < 4.78 is 0. The Morgan fingerprint density at radius 3 is 0.860 bits per heavy atom. The maximum absolute atomic E-state index is 6.00. The van der Waals surface area contributed by atoms with Crippen molar-refractivity contribution in [1.82, 2.24) is 0 Å². The zero-order valence-electron chi connectivity index (χ0n) is 31.3. The minimum absolute atomic E-state index is 0.380. The van der Waals surface area contributed by atoms with Gasteiger partial charge >= 0.3 is 0 Å². The van der Waals surface area contributed by atoms with Gasteiger partial charge in [0.1, 0.15) is 0 Å². The molecule has 0 atom stereocenters. The molecule has 0 heterocycles. The third-order valence-electron chi connectivity index (χ3n) is 9.86. The van der Waals surface area contributed by atoms with E-state index in [4.69, 9.17) is 34.4 Å². The molecule has 0 saturated heterocycles. The number of nitrogens with zero attached hydrogens (tertiary/aromatic N) is 2. The lowest BCUT2D eigenvalue weighted by Gasteiger charge is -2.34. The van der Waals surface area contributed by atoms with Gasteiger partial charge in [-0.05, 0) is 142 Å². The number of nitrogens with two attached hydrogens (primary N) is 6. The third kappa shape index (κ3) is 8.30. The molecule has 1 aliphatic carbocycles. The van der Waals surface area contributed by atoms with E-state index in [1.807, 2.05) is 97.1 Å². The van der Waals surface area contributed by atoms with Gasteiger partial charge in [-0.15, -0.1) is 0 Å². The number of fused-ring (bicyclic) bond motifs is 3.